The minimum absolute atomic E-state index is 0.305. The molecule has 0 aliphatic heterocycles. The summed E-state index contributed by atoms with van der Waals surface area (Å²) in [6.45, 7) is 4.09. The van der Waals surface area contributed by atoms with Crippen LogP contribution in [0.2, 0.25) is 0 Å². The van der Waals surface area contributed by atoms with Crippen LogP contribution in [0.5, 0.6) is 0 Å². The van der Waals surface area contributed by atoms with Crippen molar-refractivity contribution >= 4 is 103 Å². The number of likely N-dealkylation sites (N-methyl/N-ethyl adjacent to an activating group) is 3. The Balaban J connectivity index is 5.63. The molecule has 0 aliphatic rings. The van der Waals surface area contributed by atoms with E-state index in [1.165, 1.54) is 56.4 Å². The molecule has 18 nitrogen and oxygen atoms in total. The average molecular weight is 717 g/mol. The van der Waals surface area contributed by atoms with Gasteiger partial charge in [0.15, 0.2) is 0 Å². The lowest BCUT2D eigenvalue weighted by Gasteiger charge is -2.30. The van der Waals surface area contributed by atoms with Crippen molar-refractivity contribution < 1.29 is 54.1 Å². The molecular weight excluding hydrogens is 685 g/mol. The molecule has 3 unspecified atom stereocenters. The van der Waals surface area contributed by atoms with E-state index in [1.807, 2.05) is 0 Å². The maximum Gasteiger partial charge on any atom is 0.550 e. The summed E-state index contributed by atoms with van der Waals surface area (Å²) in [6.07, 6.45) is 0.966. The molecule has 0 bridgehead atoms. The molecule has 0 spiro atoms. The molecule has 242 valence electrons. The number of carbonyl (C=O) groups excluding carboxylic acids is 3. The number of hydrogen-bond donors (Lipinski definition) is 0. The average Bonchev–Trinajstić information content (AvgIpc) is 2.95. The van der Waals surface area contributed by atoms with Crippen LogP contribution in [0.15, 0.2) is 15.5 Å². The second kappa shape index (κ2) is 21.8. The SMILES string of the molecule is CS/C(C)=N\OC(=O)OS(=O)N(C)CC(CN(C)S(=O)OC(=O)O/N=C(/C)SC)N(C)S(=O)OC(=O)O/N=C(/C)SC. The van der Waals surface area contributed by atoms with Crippen molar-refractivity contribution in [1.29, 1.82) is 0 Å². The summed E-state index contributed by atoms with van der Waals surface area (Å²) in [4.78, 5) is 49.0. The van der Waals surface area contributed by atoms with Gasteiger partial charge in [-0.05, 0) is 39.5 Å². The van der Waals surface area contributed by atoms with Crippen molar-refractivity contribution in [3.8, 4) is 0 Å². The van der Waals surface area contributed by atoms with Gasteiger partial charge < -0.3 is 12.5 Å². The molecular formula is C18H32N6O12S6. The van der Waals surface area contributed by atoms with Gasteiger partial charge in [-0.3, -0.25) is 14.5 Å². The summed E-state index contributed by atoms with van der Waals surface area (Å²) in [5.74, 6) is 0. The minimum Gasteiger partial charge on any atom is -0.317 e. The van der Waals surface area contributed by atoms with Crippen LogP contribution in [0.25, 0.3) is 0 Å². The first kappa shape index (κ1) is 40.2. The highest BCUT2D eigenvalue weighted by Crippen LogP contribution is 2.12. The largest absolute Gasteiger partial charge is 0.550 e. The fourth-order valence-electron chi connectivity index (χ4n) is 1.95. The Morgan fingerprint density at radius 2 is 0.905 bits per heavy atom. The Morgan fingerprint density at radius 3 is 1.19 bits per heavy atom. The quantitative estimate of drug-likeness (QED) is 0.110. The number of carbonyl (C=O) groups is 3. The summed E-state index contributed by atoms with van der Waals surface area (Å²) in [5, 5.41) is 11.6. The van der Waals surface area contributed by atoms with Crippen LogP contribution in [0.4, 0.5) is 14.4 Å². The maximum atomic E-state index is 12.7. The van der Waals surface area contributed by atoms with Crippen LogP contribution < -0.4 is 0 Å². The smallest absolute Gasteiger partial charge is 0.317 e. The Hall–Kier alpha value is -1.80. The zero-order chi connectivity index (χ0) is 32.4. The third-order valence-electron chi connectivity index (χ3n) is 4.24. The summed E-state index contributed by atoms with van der Waals surface area (Å²) >= 11 is -3.80. The monoisotopic (exact) mass is 716 g/mol. The fourth-order valence-corrected chi connectivity index (χ4v) is 4.06. The summed E-state index contributed by atoms with van der Waals surface area (Å²) in [6, 6.07) is -1.04. The second-order valence-corrected chi connectivity index (χ2v) is 13.8. The van der Waals surface area contributed by atoms with Gasteiger partial charge >= 0.3 is 18.5 Å². The molecule has 3 atom stereocenters. The highest BCUT2D eigenvalue weighted by molar-refractivity contribution is 8.13. The van der Waals surface area contributed by atoms with Gasteiger partial charge in [0.05, 0.1) is 6.04 Å². The highest BCUT2D eigenvalue weighted by Gasteiger charge is 2.31. The van der Waals surface area contributed by atoms with Crippen LogP contribution in [0, 0.1) is 0 Å². The minimum atomic E-state index is -2.51. The van der Waals surface area contributed by atoms with Gasteiger partial charge in [0, 0.05) is 34.2 Å². The molecule has 0 aromatic carbocycles. The summed E-state index contributed by atoms with van der Waals surface area (Å²) in [5.41, 5.74) is 0. The topological polar surface area (TPSA) is 205 Å². The zero-order valence-electron chi connectivity index (χ0n) is 24.0. The molecule has 0 saturated carbocycles. The third kappa shape index (κ3) is 17.3. The van der Waals surface area contributed by atoms with Gasteiger partial charge in [-0.25, -0.2) is 0 Å². The Kier molecular flexibility index (Phi) is 20.9. The molecule has 0 rings (SSSR count). The predicted molar refractivity (Wildman–Crippen MR) is 164 cm³/mol. The normalized spacial score (nSPS) is 15.6. The van der Waals surface area contributed by atoms with Gasteiger partial charge in [-0.1, -0.05) is 15.5 Å². The van der Waals surface area contributed by atoms with Crippen LogP contribution in [-0.4, -0.2) is 118 Å². The Labute approximate surface area is 263 Å². The van der Waals surface area contributed by atoms with E-state index in [1.54, 1.807) is 39.5 Å². The summed E-state index contributed by atoms with van der Waals surface area (Å²) in [7, 11) is 3.80. The lowest BCUT2D eigenvalue weighted by molar-refractivity contribution is 0.101. The number of oxime groups is 3. The molecule has 24 heteroatoms. The van der Waals surface area contributed by atoms with Gasteiger partial charge in [-0.15, -0.1) is 35.3 Å². The highest BCUT2D eigenvalue weighted by atomic mass is 32.2. The van der Waals surface area contributed by atoms with E-state index in [9.17, 15) is 27.0 Å². The van der Waals surface area contributed by atoms with Crippen molar-refractivity contribution in [3.63, 3.8) is 0 Å². The molecule has 0 N–H and O–H groups in total. The molecule has 0 saturated heterocycles. The van der Waals surface area contributed by atoms with E-state index in [2.05, 4.69) is 38.3 Å². The number of thioether (sulfide) groups is 3. The van der Waals surface area contributed by atoms with Crippen LogP contribution >= 0.6 is 35.3 Å². The van der Waals surface area contributed by atoms with Crippen LogP contribution in [0.1, 0.15) is 20.8 Å². The van der Waals surface area contributed by atoms with E-state index < -0.39 is 58.3 Å². The standard InChI is InChI=1S/C18H32N6O12S6/c1-12(37-7)19-31-16(25)34-40(28)22(4)10-15(24(6)42(30)36-18(27)33-21-14(3)39-9)11-23(5)41(29)35-17(26)32-20-13(2)38-8/h15H,10-11H2,1-9H3/b19-12-,20-13-,21-14-. The molecule has 0 aromatic heterocycles. The Bertz CT molecular complexity index is 1040. The molecule has 0 radical (unpaired) electrons. The molecule has 0 amide bonds. The van der Waals surface area contributed by atoms with Crippen molar-refractivity contribution in [3.05, 3.63) is 0 Å². The third-order valence-corrected chi connectivity index (χ3v) is 9.16. The molecule has 0 aliphatic carbocycles. The van der Waals surface area contributed by atoms with Crippen molar-refractivity contribution in [2.45, 2.75) is 26.8 Å². The van der Waals surface area contributed by atoms with Crippen molar-refractivity contribution in [2.75, 3.05) is 53.0 Å². The number of hydrogen-bond acceptors (Lipinski definition) is 18. The van der Waals surface area contributed by atoms with Crippen molar-refractivity contribution in [1.82, 2.24) is 12.9 Å². The number of rotatable bonds is 14. The van der Waals surface area contributed by atoms with E-state index >= 15 is 0 Å². The van der Waals surface area contributed by atoms with Crippen LogP contribution in [0.3, 0.4) is 0 Å². The van der Waals surface area contributed by atoms with Crippen molar-refractivity contribution in [2.24, 2.45) is 15.5 Å². The second-order valence-electron chi connectivity index (χ2n) is 7.19. The van der Waals surface area contributed by atoms with Gasteiger partial charge in [0.2, 0.25) is 0 Å². The molecule has 0 fully saturated rings. The lowest BCUT2D eigenvalue weighted by Crippen LogP contribution is -2.49. The predicted octanol–water partition coefficient (Wildman–Crippen LogP) is 2.44. The molecule has 42 heavy (non-hydrogen) atoms. The first-order valence-corrected chi connectivity index (χ1v) is 17.8. The number of nitrogens with zero attached hydrogens (tertiary/aromatic N) is 6. The van der Waals surface area contributed by atoms with E-state index in [-0.39, 0.29) is 13.1 Å². The van der Waals surface area contributed by atoms with Gasteiger partial charge in [0.25, 0.3) is 33.8 Å². The lowest BCUT2D eigenvalue weighted by atomic mass is 10.3. The van der Waals surface area contributed by atoms with E-state index in [4.69, 9.17) is 4.18 Å². The first-order valence-electron chi connectivity index (χ1n) is 11.0. The van der Waals surface area contributed by atoms with Gasteiger partial charge in [0.1, 0.15) is 15.1 Å². The molecule has 0 heterocycles. The maximum absolute atomic E-state index is 12.7. The summed E-state index contributed by atoms with van der Waals surface area (Å²) < 4.78 is 54.9. The van der Waals surface area contributed by atoms with E-state index in [0.29, 0.717) is 15.1 Å². The van der Waals surface area contributed by atoms with Crippen LogP contribution in [-0.2, 0) is 60.9 Å². The fraction of sp³-hybridized carbons (Fsp3) is 0.667. The van der Waals surface area contributed by atoms with Gasteiger partial charge in [-0.2, -0.15) is 39.9 Å². The first-order chi connectivity index (χ1) is 19.6. The van der Waals surface area contributed by atoms with E-state index in [0.717, 1.165) is 12.9 Å². The molecule has 0 aromatic rings. The zero-order valence-corrected chi connectivity index (χ0v) is 28.9. The Morgan fingerprint density at radius 1 is 0.619 bits per heavy atom.